The number of carbonyl (C=O) groups is 1. The second-order valence-electron chi connectivity index (χ2n) is 3.37. The topological polar surface area (TPSA) is 39.2 Å². The minimum atomic E-state index is -2.64. The van der Waals surface area contributed by atoms with Gasteiger partial charge in [-0.3, -0.25) is 9.78 Å². The molecule has 1 aromatic heterocycles. The van der Waals surface area contributed by atoms with Gasteiger partial charge in [0, 0.05) is 15.3 Å². The van der Waals surface area contributed by atoms with E-state index in [1.165, 1.54) is 6.20 Å². The van der Waals surface area contributed by atoms with E-state index in [0.29, 0.717) is 9.13 Å². The first-order valence-corrected chi connectivity index (χ1v) is 6.12. The molecule has 0 saturated heterocycles. The first-order chi connectivity index (χ1) is 7.97. The summed E-state index contributed by atoms with van der Waals surface area (Å²) in [6.07, 6.45) is -1.37. The quantitative estimate of drug-likeness (QED) is 0.616. The molecule has 0 aliphatic rings. The van der Waals surface area contributed by atoms with Crippen molar-refractivity contribution < 1.29 is 18.3 Å². The van der Waals surface area contributed by atoms with E-state index in [4.69, 9.17) is 4.74 Å². The third kappa shape index (κ3) is 3.58. The minimum absolute atomic E-state index is 0.0939. The molecule has 17 heavy (non-hydrogen) atoms. The SMILES string of the molecule is CCOC(=O)Cc1ncc(I)c(C)c1C(F)F. The number of carbonyl (C=O) groups excluding carboxylic acids is 1. The normalized spacial score (nSPS) is 10.7. The predicted octanol–water partition coefficient (Wildman–Crippen LogP) is 3.04. The molecule has 1 aromatic rings. The van der Waals surface area contributed by atoms with E-state index in [-0.39, 0.29) is 24.3 Å². The largest absolute Gasteiger partial charge is 0.466 e. The van der Waals surface area contributed by atoms with E-state index in [9.17, 15) is 13.6 Å². The molecule has 0 N–H and O–H groups in total. The number of nitrogens with zero attached hydrogens (tertiary/aromatic N) is 1. The fourth-order valence-corrected chi connectivity index (χ4v) is 1.86. The number of halogens is 3. The van der Waals surface area contributed by atoms with Crippen LogP contribution in [0, 0.1) is 10.5 Å². The van der Waals surface area contributed by atoms with Gasteiger partial charge in [0.25, 0.3) is 6.43 Å². The molecular weight excluding hydrogens is 343 g/mol. The number of esters is 1. The molecule has 0 amide bonds. The Morgan fingerprint density at radius 1 is 1.59 bits per heavy atom. The zero-order chi connectivity index (χ0) is 13.0. The average Bonchev–Trinajstić information content (AvgIpc) is 2.23. The molecule has 0 atom stereocenters. The number of hydrogen-bond acceptors (Lipinski definition) is 3. The van der Waals surface area contributed by atoms with Crippen molar-refractivity contribution in [3.05, 3.63) is 26.6 Å². The van der Waals surface area contributed by atoms with Crippen molar-refractivity contribution in [3.63, 3.8) is 0 Å². The van der Waals surface area contributed by atoms with E-state index in [1.54, 1.807) is 13.8 Å². The van der Waals surface area contributed by atoms with Crippen molar-refractivity contribution >= 4 is 28.6 Å². The zero-order valence-corrected chi connectivity index (χ0v) is 11.6. The van der Waals surface area contributed by atoms with Crippen LogP contribution in [0.2, 0.25) is 0 Å². The smallest absolute Gasteiger partial charge is 0.311 e. The van der Waals surface area contributed by atoms with Gasteiger partial charge in [0.05, 0.1) is 18.7 Å². The Balaban J connectivity index is 3.07. The van der Waals surface area contributed by atoms with Gasteiger partial charge in [-0.1, -0.05) is 0 Å². The molecule has 6 heteroatoms. The fourth-order valence-electron chi connectivity index (χ4n) is 1.43. The summed E-state index contributed by atoms with van der Waals surface area (Å²) in [6.45, 7) is 3.49. The third-order valence-corrected chi connectivity index (χ3v) is 3.33. The fraction of sp³-hybridized carbons (Fsp3) is 0.455. The van der Waals surface area contributed by atoms with E-state index in [2.05, 4.69) is 4.98 Å². The Kier molecular flexibility index (Phi) is 5.23. The van der Waals surface area contributed by atoms with Crippen LogP contribution >= 0.6 is 22.6 Å². The van der Waals surface area contributed by atoms with Gasteiger partial charge in [-0.25, -0.2) is 8.78 Å². The second kappa shape index (κ2) is 6.23. The Labute approximate surface area is 112 Å². The highest BCUT2D eigenvalue weighted by Crippen LogP contribution is 2.28. The summed E-state index contributed by atoms with van der Waals surface area (Å²) in [5.74, 6) is -0.539. The summed E-state index contributed by atoms with van der Waals surface area (Å²) in [7, 11) is 0. The van der Waals surface area contributed by atoms with E-state index >= 15 is 0 Å². The molecule has 3 nitrogen and oxygen atoms in total. The lowest BCUT2D eigenvalue weighted by molar-refractivity contribution is -0.142. The maximum Gasteiger partial charge on any atom is 0.311 e. The molecule has 0 bridgehead atoms. The molecule has 1 rings (SSSR count). The lowest BCUT2D eigenvalue weighted by Gasteiger charge is -2.11. The Morgan fingerprint density at radius 2 is 2.24 bits per heavy atom. The molecule has 0 spiro atoms. The van der Waals surface area contributed by atoms with Gasteiger partial charge in [-0.2, -0.15) is 0 Å². The van der Waals surface area contributed by atoms with Crippen LogP contribution in [-0.2, 0) is 16.0 Å². The maximum atomic E-state index is 12.9. The summed E-state index contributed by atoms with van der Waals surface area (Å²) < 4.78 is 31.2. The summed E-state index contributed by atoms with van der Waals surface area (Å²) in [6, 6.07) is 0. The molecule has 0 radical (unpaired) electrons. The number of hydrogen-bond donors (Lipinski definition) is 0. The maximum absolute atomic E-state index is 12.9. The van der Waals surface area contributed by atoms with Crippen LogP contribution in [0.3, 0.4) is 0 Å². The highest BCUT2D eigenvalue weighted by atomic mass is 127. The van der Waals surface area contributed by atoms with Crippen LogP contribution in [0.5, 0.6) is 0 Å². The van der Waals surface area contributed by atoms with Crippen molar-refractivity contribution in [3.8, 4) is 0 Å². The van der Waals surface area contributed by atoms with Gasteiger partial charge < -0.3 is 4.74 Å². The highest BCUT2D eigenvalue weighted by Gasteiger charge is 2.21. The number of pyridine rings is 1. The second-order valence-corrected chi connectivity index (χ2v) is 4.54. The molecule has 0 unspecified atom stereocenters. The summed E-state index contributed by atoms with van der Waals surface area (Å²) in [5, 5.41) is 0. The van der Waals surface area contributed by atoms with Crippen LogP contribution < -0.4 is 0 Å². The van der Waals surface area contributed by atoms with Gasteiger partial charge in [-0.05, 0) is 42.0 Å². The van der Waals surface area contributed by atoms with Crippen molar-refractivity contribution in [1.29, 1.82) is 0 Å². The van der Waals surface area contributed by atoms with E-state index < -0.39 is 12.4 Å². The monoisotopic (exact) mass is 355 g/mol. The zero-order valence-electron chi connectivity index (χ0n) is 9.47. The molecule has 0 aliphatic heterocycles. The minimum Gasteiger partial charge on any atom is -0.466 e. The van der Waals surface area contributed by atoms with Crippen molar-refractivity contribution in [1.82, 2.24) is 4.98 Å². The number of alkyl halides is 2. The van der Waals surface area contributed by atoms with E-state index in [0.717, 1.165) is 0 Å². The molecular formula is C11H12F2INO2. The van der Waals surface area contributed by atoms with Crippen LogP contribution in [0.15, 0.2) is 6.20 Å². The standard InChI is InChI=1S/C11H12F2INO2/c1-3-17-9(16)4-8-10(11(12)13)6(2)7(14)5-15-8/h5,11H,3-4H2,1-2H3. The summed E-state index contributed by atoms with van der Waals surface area (Å²) in [5.41, 5.74) is 0.399. The Hall–Kier alpha value is -0.790. The van der Waals surface area contributed by atoms with Crippen LogP contribution in [0.1, 0.15) is 30.2 Å². The summed E-state index contributed by atoms with van der Waals surface area (Å²) in [4.78, 5) is 15.2. The molecule has 0 saturated carbocycles. The van der Waals surface area contributed by atoms with Crippen molar-refractivity contribution in [2.75, 3.05) is 6.61 Å². The molecule has 94 valence electrons. The number of aromatic nitrogens is 1. The summed E-state index contributed by atoms with van der Waals surface area (Å²) >= 11 is 1.94. The van der Waals surface area contributed by atoms with Crippen LogP contribution in [-0.4, -0.2) is 17.6 Å². The highest BCUT2D eigenvalue weighted by molar-refractivity contribution is 14.1. The van der Waals surface area contributed by atoms with Gasteiger partial charge >= 0.3 is 5.97 Å². The molecule has 0 fully saturated rings. The molecule has 1 heterocycles. The van der Waals surface area contributed by atoms with Crippen molar-refractivity contribution in [2.24, 2.45) is 0 Å². The average molecular weight is 355 g/mol. The molecule has 0 aliphatic carbocycles. The van der Waals surface area contributed by atoms with Crippen molar-refractivity contribution in [2.45, 2.75) is 26.7 Å². The Bertz CT molecular complexity index is 424. The lowest BCUT2D eigenvalue weighted by atomic mass is 10.1. The van der Waals surface area contributed by atoms with Gasteiger partial charge in [0.1, 0.15) is 0 Å². The third-order valence-electron chi connectivity index (χ3n) is 2.24. The van der Waals surface area contributed by atoms with Gasteiger partial charge in [-0.15, -0.1) is 0 Å². The van der Waals surface area contributed by atoms with Gasteiger partial charge in [0.2, 0.25) is 0 Å². The van der Waals surface area contributed by atoms with Gasteiger partial charge in [0.15, 0.2) is 0 Å². The van der Waals surface area contributed by atoms with Crippen LogP contribution in [0.4, 0.5) is 8.78 Å². The molecule has 0 aromatic carbocycles. The predicted molar refractivity (Wildman–Crippen MR) is 67.0 cm³/mol. The first-order valence-electron chi connectivity index (χ1n) is 5.05. The first kappa shape index (κ1) is 14.3. The Morgan fingerprint density at radius 3 is 2.76 bits per heavy atom. The van der Waals surface area contributed by atoms with Crippen LogP contribution in [0.25, 0.3) is 0 Å². The number of rotatable bonds is 4. The number of ether oxygens (including phenoxy) is 1. The lowest BCUT2D eigenvalue weighted by Crippen LogP contribution is -2.12. The van der Waals surface area contributed by atoms with E-state index in [1.807, 2.05) is 22.6 Å².